The molecule has 0 radical (unpaired) electrons. The summed E-state index contributed by atoms with van der Waals surface area (Å²) in [6.07, 6.45) is 1.48. The Morgan fingerprint density at radius 2 is 1.69 bits per heavy atom. The standard InChI is InChI=1S/C28H24BrN3O4/c1-18-9-14-25(20-7-5-4-6-8-20)32(18)23-12-10-21(11-13-23)28(34)31-30-17-22-15-26(35-3)27(16-24(22)29)36-19(2)33/h4-17H,1-3H3,(H,31,34)/b30-17+. The smallest absolute Gasteiger partial charge is 0.308 e. The lowest BCUT2D eigenvalue weighted by Crippen LogP contribution is -2.17. The van der Waals surface area contributed by atoms with Crippen LogP contribution >= 0.6 is 15.9 Å². The molecule has 7 nitrogen and oxygen atoms in total. The number of nitrogens with zero attached hydrogens (tertiary/aromatic N) is 2. The number of amides is 1. The van der Waals surface area contributed by atoms with Crippen LogP contribution in [0.4, 0.5) is 0 Å². The molecular weight excluding hydrogens is 522 g/mol. The quantitative estimate of drug-likeness (QED) is 0.135. The van der Waals surface area contributed by atoms with E-state index in [9.17, 15) is 9.59 Å². The third kappa shape index (κ3) is 5.55. The molecule has 36 heavy (non-hydrogen) atoms. The number of halogens is 1. The molecule has 1 aromatic heterocycles. The number of carbonyl (C=O) groups excluding carboxylic acids is 2. The van der Waals surface area contributed by atoms with Crippen molar-refractivity contribution in [3.63, 3.8) is 0 Å². The number of rotatable bonds is 7. The molecule has 1 amide bonds. The number of benzene rings is 3. The predicted molar refractivity (Wildman–Crippen MR) is 143 cm³/mol. The van der Waals surface area contributed by atoms with Crippen molar-refractivity contribution >= 4 is 34.0 Å². The number of ether oxygens (including phenoxy) is 2. The van der Waals surface area contributed by atoms with Crippen LogP contribution in [-0.2, 0) is 4.79 Å². The van der Waals surface area contributed by atoms with E-state index >= 15 is 0 Å². The lowest BCUT2D eigenvalue weighted by molar-refractivity contribution is -0.132. The lowest BCUT2D eigenvalue weighted by Gasteiger charge is -2.13. The van der Waals surface area contributed by atoms with Crippen molar-refractivity contribution in [3.05, 3.63) is 100 Å². The first kappa shape index (κ1) is 24.9. The van der Waals surface area contributed by atoms with Crippen molar-refractivity contribution in [2.24, 2.45) is 5.10 Å². The second kappa shape index (κ2) is 11.0. The van der Waals surface area contributed by atoms with Crippen LogP contribution in [-0.4, -0.2) is 29.8 Å². The Morgan fingerprint density at radius 3 is 2.36 bits per heavy atom. The number of esters is 1. The molecule has 3 aromatic carbocycles. The number of hydrogen-bond acceptors (Lipinski definition) is 5. The van der Waals surface area contributed by atoms with Crippen molar-refractivity contribution in [1.82, 2.24) is 9.99 Å². The Labute approximate surface area is 217 Å². The van der Waals surface area contributed by atoms with Crippen LogP contribution in [0.25, 0.3) is 16.9 Å². The van der Waals surface area contributed by atoms with Crippen molar-refractivity contribution < 1.29 is 19.1 Å². The molecule has 4 aromatic rings. The van der Waals surface area contributed by atoms with E-state index in [0.29, 0.717) is 21.3 Å². The van der Waals surface area contributed by atoms with E-state index in [-0.39, 0.29) is 11.7 Å². The van der Waals surface area contributed by atoms with E-state index in [1.165, 1.54) is 20.2 Å². The highest BCUT2D eigenvalue weighted by atomic mass is 79.9. The van der Waals surface area contributed by atoms with Gasteiger partial charge >= 0.3 is 5.97 Å². The van der Waals surface area contributed by atoms with Gasteiger partial charge in [0.1, 0.15) is 0 Å². The lowest BCUT2D eigenvalue weighted by atomic mass is 10.1. The summed E-state index contributed by atoms with van der Waals surface area (Å²) in [6, 6.07) is 24.9. The molecule has 0 spiro atoms. The van der Waals surface area contributed by atoms with E-state index in [4.69, 9.17) is 9.47 Å². The Kier molecular flexibility index (Phi) is 7.65. The van der Waals surface area contributed by atoms with E-state index in [0.717, 1.165) is 22.6 Å². The third-order valence-corrected chi connectivity index (χ3v) is 6.13. The molecule has 0 fully saturated rings. The van der Waals surface area contributed by atoms with Gasteiger partial charge in [0.25, 0.3) is 5.91 Å². The first-order chi connectivity index (χ1) is 17.4. The zero-order valence-corrected chi connectivity index (χ0v) is 21.6. The number of hydrogen-bond donors (Lipinski definition) is 1. The maximum atomic E-state index is 12.6. The highest BCUT2D eigenvalue weighted by Gasteiger charge is 2.13. The second-order valence-electron chi connectivity index (χ2n) is 7.93. The Morgan fingerprint density at radius 1 is 0.972 bits per heavy atom. The molecule has 1 heterocycles. The summed E-state index contributed by atoms with van der Waals surface area (Å²) in [7, 11) is 1.47. The van der Waals surface area contributed by atoms with Gasteiger partial charge in [-0.1, -0.05) is 30.3 Å². The number of carbonyl (C=O) groups is 2. The first-order valence-corrected chi connectivity index (χ1v) is 11.9. The minimum atomic E-state index is -0.455. The Bertz CT molecular complexity index is 1430. The molecule has 1 N–H and O–H groups in total. The van der Waals surface area contributed by atoms with Crippen LogP contribution in [0, 0.1) is 6.92 Å². The van der Waals surface area contributed by atoms with Gasteiger partial charge < -0.3 is 14.0 Å². The van der Waals surface area contributed by atoms with Gasteiger partial charge in [-0.2, -0.15) is 5.10 Å². The summed E-state index contributed by atoms with van der Waals surface area (Å²) >= 11 is 3.41. The average molecular weight is 546 g/mol. The van der Waals surface area contributed by atoms with Crippen LogP contribution in [0.15, 0.2) is 88.4 Å². The van der Waals surface area contributed by atoms with Crippen molar-refractivity contribution in [3.8, 4) is 28.4 Å². The van der Waals surface area contributed by atoms with Crippen LogP contribution in [0.3, 0.4) is 0 Å². The van der Waals surface area contributed by atoms with Gasteiger partial charge in [0.05, 0.1) is 19.0 Å². The fraction of sp³-hybridized carbons (Fsp3) is 0.107. The van der Waals surface area contributed by atoms with E-state index in [2.05, 4.69) is 55.3 Å². The third-order valence-electron chi connectivity index (χ3n) is 5.44. The summed E-state index contributed by atoms with van der Waals surface area (Å²) in [4.78, 5) is 23.9. The number of methoxy groups -OCH3 is 1. The normalized spacial score (nSPS) is 10.9. The van der Waals surface area contributed by atoms with Crippen LogP contribution in [0.5, 0.6) is 11.5 Å². The Balaban J connectivity index is 1.48. The summed E-state index contributed by atoms with van der Waals surface area (Å²) in [5, 5.41) is 4.06. The zero-order chi connectivity index (χ0) is 25.7. The maximum Gasteiger partial charge on any atom is 0.308 e. The minimum Gasteiger partial charge on any atom is -0.493 e. The maximum absolute atomic E-state index is 12.6. The van der Waals surface area contributed by atoms with Gasteiger partial charge in [-0.25, -0.2) is 5.43 Å². The number of nitrogens with one attached hydrogen (secondary N) is 1. The summed E-state index contributed by atoms with van der Waals surface area (Å²) in [5.74, 6) is -0.147. The average Bonchev–Trinajstić information content (AvgIpc) is 3.26. The molecule has 8 heteroatoms. The Hall–Kier alpha value is -4.17. The predicted octanol–water partition coefficient (Wildman–Crippen LogP) is 5.91. The molecule has 4 rings (SSSR count). The molecule has 0 aliphatic heterocycles. The summed E-state index contributed by atoms with van der Waals surface area (Å²) in [5.41, 5.74) is 7.90. The molecule has 0 atom stereocenters. The molecular formula is C28H24BrN3O4. The highest BCUT2D eigenvalue weighted by molar-refractivity contribution is 9.10. The first-order valence-electron chi connectivity index (χ1n) is 11.1. The van der Waals surface area contributed by atoms with Gasteiger partial charge in [-0.3, -0.25) is 9.59 Å². The van der Waals surface area contributed by atoms with E-state index in [1.807, 2.05) is 37.3 Å². The van der Waals surface area contributed by atoms with Gasteiger partial charge in [-0.15, -0.1) is 0 Å². The SMILES string of the molecule is COc1cc(/C=N/NC(=O)c2ccc(-n3c(C)ccc3-c3ccccc3)cc2)c(Br)cc1OC(C)=O. The van der Waals surface area contributed by atoms with Crippen molar-refractivity contribution in [2.75, 3.05) is 7.11 Å². The highest BCUT2D eigenvalue weighted by Crippen LogP contribution is 2.33. The van der Waals surface area contributed by atoms with Crippen LogP contribution < -0.4 is 14.9 Å². The zero-order valence-electron chi connectivity index (χ0n) is 20.0. The summed E-state index contributed by atoms with van der Waals surface area (Å²) in [6.45, 7) is 3.36. The van der Waals surface area contributed by atoms with E-state index < -0.39 is 5.97 Å². The van der Waals surface area contributed by atoms with E-state index in [1.54, 1.807) is 24.3 Å². The minimum absolute atomic E-state index is 0.284. The molecule has 182 valence electrons. The fourth-order valence-electron chi connectivity index (χ4n) is 3.75. The van der Waals surface area contributed by atoms with Gasteiger partial charge in [-0.05, 0) is 76.9 Å². The number of hydrazone groups is 1. The topological polar surface area (TPSA) is 81.9 Å². The summed E-state index contributed by atoms with van der Waals surface area (Å²) < 4.78 is 13.2. The van der Waals surface area contributed by atoms with Gasteiger partial charge in [0, 0.05) is 33.9 Å². The largest absolute Gasteiger partial charge is 0.493 e. The van der Waals surface area contributed by atoms with Crippen LogP contribution in [0.1, 0.15) is 28.5 Å². The molecule has 0 bridgehead atoms. The number of aromatic nitrogens is 1. The van der Waals surface area contributed by atoms with Gasteiger partial charge in [0.15, 0.2) is 11.5 Å². The second-order valence-corrected chi connectivity index (χ2v) is 8.78. The molecule has 0 saturated heterocycles. The van der Waals surface area contributed by atoms with Crippen LogP contribution in [0.2, 0.25) is 0 Å². The van der Waals surface area contributed by atoms with Crippen molar-refractivity contribution in [2.45, 2.75) is 13.8 Å². The van der Waals surface area contributed by atoms with Crippen molar-refractivity contribution in [1.29, 1.82) is 0 Å². The fourth-order valence-corrected chi connectivity index (χ4v) is 4.17. The molecule has 0 unspecified atom stereocenters. The molecule has 0 aliphatic carbocycles. The monoisotopic (exact) mass is 545 g/mol. The number of aryl methyl sites for hydroxylation is 1. The molecule has 0 saturated carbocycles. The van der Waals surface area contributed by atoms with Gasteiger partial charge in [0.2, 0.25) is 0 Å². The molecule has 0 aliphatic rings.